The number of unbranched alkanes of at least 4 members (excludes halogenated alkanes) is 12. The molecule has 55 heavy (non-hydrogen) atoms. The molecule has 14 heteroatoms. The highest BCUT2D eigenvalue weighted by atomic mass is 16.7. The van der Waals surface area contributed by atoms with E-state index in [9.17, 15) is 45.6 Å². The van der Waals surface area contributed by atoms with E-state index < -0.39 is 86.8 Å². The summed E-state index contributed by atoms with van der Waals surface area (Å²) in [6.07, 6.45) is 12.2. The summed E-state index contributed by atoms with van der Waals surface area (Å²) in [6.45, 7) is 2.63. The minimum absolute atomic E-state index is 0.262. The third-order valence-electron chi connectivity index (χ3n) is 10.0. The zero-order valence-corrected chi connectivity index (χ0v) is 33.2. The van der Waals surface area contributed by atoms with E-state index in [1.165, 1.54) is 32.1 Å². The second kappa shape index (κ2) is 29.4. The predicted octanol–water partition coefficient (Wildman–Crippen LogP) is 2.81. The minimum atomic E-state index is -1.79. The number of ether oxygens (including phenoxy) is 4. The van der Waals surface area contributed by atoms with Crippen molar-refractivity contribution in [2.45, 2.75) is 197 Å². The Hall–Kier alpha value is -1.79. The molecule has 2 aliphatic rings. The van der Waals surface area contributed by atoms with Crippen LogP contribution in [0.2, 0.25) is 0 Å². The lowest BCUT2D eigenvalue weighted by Gasteiger charge is -2.46. The highest BCUT2D eigenvalue weighted by Gasteiger charge is 2.50. The molecule has 1 amide bonds. The topological polar surface area (TPSA) is 228 Å². The second-order valence-corrected chi connectivity index (χ2v) is 14.7. The summed E-state index contributed by atoms with van der Waals surface area (Å²) in [5, 5.41) is 86.0. The van der Waals surface area contributed by atoms with E-state index in [2.05, 4.69) is 43.5 Å². The lowest BCUT2D eigenvalue weighted by molar-refractivity contribution is -0.359. The van der Waals surface area contributed by atoms with Gasteiger partial charge in [-0.1, -0.05) is 95.2 Å². The average Bonchev–Trinajstić information content (AvgIpc) is 3.18. The summed E-state index contributed by atoms with van der Waals surface area (Å²) in [6, 6.07) is -0.930. The molecule has 2 heterocycles. The molecule has 0 aliphatic carbocycles. The lowest BCUT2D eigenvalue weighted by Crippen LogP contribution is -2.65. The fourth-order valence-corrected chi connectivity index (χ4v) is 6.53. The molecule has 12 unspecified atom stereocenters. The molecule has 0 bridgehead atoms. The first-order valence-corrected chi connectivity index (χ1v) is 20.7. The average molecular weight is 788 g/mol. The van der Waals surface area contributed by atoms with Crippen molar-refractivity contribution in [1.82, 2.24) is 5.32 Å². The van der Waals surface area contributed by atoms with Gasteiger partial charge < -0.3 is 65.1 Å². The first-order chi connectivity index (χ1) is 26.6. The number of nitrogens with one attached hydrogen (secondary N) is 1. The number of aliphatic hydroxyl groups is 8. The van der Waals surface area contributed by atoms with Gasteiger partial charge in [0.2, 0.25) is 5.91 Å². The molecule has 320 valence electrons. The van der Waals surface area contributed by atoms with Gasteiger partial charge in [-0.25, -0.2) is 0 Å². The standard InChI is InChI=1S/C41H73NO13/c1-3-5-7-9-11-13-14-15-17-19-21-23-25-33(46)42-29(30(45)24-22-20-18-16-12-10-8-6-4-2)28-52-40-38(51)36(49)39(32(27-44)54-40)55-41-37(50)35(48)34(47)31(26-43)53-41/h11-13,16,22,24,29-32,34-41,43-45,47-51H,3-10,14-15,17-21,23,25-28H2,1-2H3,(H,42,46)/b13-11-,16-12+,24-22+. The van der Waals surface area contributed by atoms with E-state index in [0.717, 1.165) is 57.8 Å². The van der Waals surface area contributed by atoms with Crippen LogP contribution in [0.4, 0.5) is 0 Å². The van der Waals surface area contributed by atoms with E-state index in [1.807, 2.05) is 6.08 Å². The van der Waals surface area contributed by atoms with Gasteiger partial charge in [0.15, 0.2) is 12.6 Å². The third-order valence-corrected chi connectivity index (χ3v) is 10.0. The van der Waals surface area contributed by atoms with E-state index in [4.69, 9.17) is 18.9 Å². The number of hydrogen-bond donors (Lipinski definition) is 9. The number of carbonyl (C=O) groups is 1. The summed E-state index contributed by atoms with van der Waals surface area (Å²) in [5.74, 6) is -0.266. The molecule has 14 nitrogen and oxygen atoms in total. The van der Waals surface area contributed by atoms with Crippen molar-refractivity contribution in [3.8, 4) is 0 Å². The summed E-state index contributed by atoms with van der Waals surface area (Å²) >= 11 is 0. The SMILES string of the molecule is CCCCC/C=C\CCCCCCCC(=O)NC(COC1OC(CO)C(OC2OC(CO)C(O)C(O)C2O)C(O)C1O)C(O)/C=C/CC/C=C/CCCCC. The quantitative estimate of drug-likeness (QED) is 0.0393. The van der Waals surface area contributed by atoms with Crippen LogP contribution in [0.1, 0.15) is 123 Å². The van der Waals surface area contributed by atoms with Gasteiger partial charge in [0.05, 0.1) is 32.0 Å². The van der Waals surface area contributed by atoms with Crippen molar-refractivity contribution < 1.29 is 64.6 Å². The summed E-state index contributed by atoms with van der Waals surface area (Å²) in [7, 11) is 0. The normalized spacial score (nSPS) is 30.1. The van der Waals surface area contributed by atoms with Crippen LogP contribution in [-0.2, 0) is 23.7 Å². The number of amides is 1. The molecule has 2 saturated heterocycles. The van der Waals surface area contributed by atoms with Crippen molar-refractivity contribution in [3.05, 3.63) is 36.5 Å². The molecular weight excluding hydrogens is 714 g/mol. The van der Waals surface area contributed by atoms with Gasteiger partial charge in [-0.05, 0) is 57.8 Å². The molecule has 0 spiro atoms. The van der Waals surface area contributed by atoms with Crippen molar-refractivity contribution in [2.24, 2.45) is 0 Å². The smallest absolute Gasteiger partial charge is 0.220 e. The van der Waals surface area contributed by atoms with Crippen molar-refractivity contribution in [2.75, 3.05) is 19.8 Å². The minimum Gasteiger partial charge on any atom is -0.394 e. The largest absolute Gasteiger partial charge is 0.394 e. The molecule has 2 fully saturated rings. The van der Waals surface area contributed by atoms with Gasteiger partial charge >= 0.3 is 0 Å². The van der Waals surface area contributed by atoms with Crippen LogP contribution in [0.15, 0.2) is 36.5 Å². The highest BCUT2D eigenvalue weighted by Crippen LogP contribution is 2.29. The molecule has 0 aromatic carbocycles. The molecule has 2 rings (SSSR count). The molecule has 0 aromatic heterocycles. The van der Waals surface area contributed by atoms with Gasteiger partial charge in [-0.3, -0.25) is 4.79 Å². The van der Waals surface area contributed by atoms with Crippen molar-refractivity contribution in [1.29, 1.82) is 0 Å². The zero-order valence-electron chi connectivity index (χ0n) is 33.2. The van der Waals surface area contributed by atoms with E-state index in [-0.39, 0.29) is 18.9 Å². The highest BCUT2D eigenvalue weighted by molar-refractivity contribution is 5.76. The number of aliphatic hydroxyl groups excluding tert-OH is 8. The Morgan fingerprint density at radius 2 is 1.16 bits per heavy atom. The molecule has 0 saturated carbocycles. The number of carbonyl (C=O) groups excluding carboxylic acids is 1. The number of hydrogen-bond acceptors (Lipinski definition) is 13. The molecule has 12 atom stereocenters. The maximum Gasteiger partial charge on any atom is 0.220 e. The molecule has 2 aliphatic heterocycles. The van der Waals surface area contributed by atoms with E-state index >= 15 is 0 Å². The molecule has 0 aromatic rings. The predicted molar refractivity (Wildman–Crippen MR) is 208 cm³/mol. The lowest BCUT2D eigenvalue weighted by atomic mass is 9.97. The molecule has 0 radical (unpaired) electrons. The van der Waals surface area contributed by atoms with Crippen LogP contribution in [0.25, 0.3) is 0 Å². The van der Waals surface area contributed by atoms with Gasteiger partial charge in [0.25, 0.3) is 0 Å². The van der Waals surface area contributed by atoms with Gasteiger partial charge in [-0.15, -0.1) is 0 Å². The molecular formula is C41H73NO13. The van der Waals surface area contributed by atoms with Crippen molar-refractivity contribution >= 4 is 5.91 Å². The van der Waals surface area contributed by atoms with Crippen LogP contribution in [0, 0.1) is 0 Å². The Kier molecular flexibility index (Phi) is 26.4. The fourth-order valence-electron chi connectivity index (χ4n) is 6.53. The Bertz CT molecular complexity index is 1070. The number of rotatable bonds is 29. The molecule has 9 N–H and O–H groups in total. The second-order valence-electron chi connectivity index (χ2n) is 14.7. The summed E-state index contributed by atoms with van der Waals surface area (Å²) in [5.41, 5.74) is 0. The van der Waals surface area contributed by atoms with Gasteiger partial charge in [0, 0.05) is 6.42 Å². The fraction of sp³-hybridized carbons (Fsp3) is 0.829. The van der Waals surface area contributed by atoms with Crippen LogP contribution >= 0.6 is 0 Å². The van der Waals surface area contributed by atoms with E-state index in [1.54, 1.807) is 6.08 Å². The Morgan fingerprint density at radius 1 is 0.636 bits per heavy atom. The first kappa shape index (κ1) is 49.4. The Labute approximate surface area is 328 Å². The van der Waals surface area contributed by atoms with Gasteiger partial charge in [-0.2, -0.15) is 0 Å². The van der Waals surface area contributed by atoms with Crippen LogP contribution < -0.4 is 5.32 Å². The van der Waals surface area contributed by atoms with Crippen LogP contribution in [0.5, 0.6) is 0 Å². The maximum atomic E-state index is 13.0. The Morgan fingerprint density at radius 3 is 1.78 bits per heavy atom. The van der Waals surface area contributed by atoms with Gasteiger partial charge in [0.1, 0.15) is 48.8 Å². The van der Waals surface area contributed by atoms with Crippen molar-refractivity contribution in [3.63, 3.8) is 0 Å². The maximum absolute atomic E-state index is 13.0. The summed E-state index contributed by atoms with van der Waals surface area (Å²) < 4.78 is 22.5. The zero-order chi connectivity index (χ0) is 40.4. The van der Waals surface area contributed by atoms with E-state index in [0.29, 0.717) is 12.8 Å². The third kappa shape index (κ3) is 18.6. The van der Waals surface area contributed by atoms with Crippen LogP contribution in [-0.4, -0.2) is 140 Å². The van der Waals surface area contributed by atoms with Crippen LogP contribution in [0.3, 0.4) is 0 Å². The number of allylic oxidation sites excluding steroid dienone is 5. The first-order valence-electron chi connectivity index (χ1n) is 20.7. The Balaban J connectivity index is 1.96. The summed E-state index contributed by atoms with van der Waals surface area (Å²) in [4.78, 5) is 13.0. The monoisotopic (exact) mass is 788 g/mol.